The first kappa shape index (κ1) is 21.9. The van der Waals surface area contributed by atoms with Crippen LogP contribution in [0.2, 0.25) is 0 Å². The van der Waals surface area contributed by atoms with Gasteiger partial charge in [0.25, 0.3) is 0 Å². The Hall–Kier alpha value is 2.92. The summed E-state index contributed by atoms with van der Waals surface area (Å²) in [6, 6.07) is 0. The lowest BCUT2D eigenvalue weighted by atomic mass is 10.3. The molecule has 0 aliphatic rings. The van der Waals surface area contributed by atoms with Crippen LogP contribution in [0, 0.1) is 0 Å². The average Bonchev–Trinajstić information content (AvgIpc) is 2.24. The van der Waals surface area contributed by atoms with Gasteiger partial charge in [0.05, 0.1) is 0 Å². The van der Waals surface area contributed by atoms with Crippen LogP contribution in [0.5, 0.6) is 0 Å². The standard InChI is InChI=1S/C9H10Br6O2S2/c10-8(11,12)6(16)18-4-2-1-3-5-19-7(17)9(13,14)15/h1-5H2. The van der Waals surface area contributed by atoms with E-state index < -0.39 is 4.29 Å². The molecule has 0 aliphatic heterocycles. The maximum Gasteiger partial charge on any atom is 0.227 e. The Labute approximate surface area is 171 Å². The van der Waals surface area contributed by atoms with Gasteiger partial charge in [-0.25, -0.2) is 0 Å². The van der Waals surface area contributed by atoms with Crippen LogP contribution in [0.3, 0.4) is 0 Å². The lowest BCUT2D eigenvalue weighted by Crippen LogP contribution is -2.13. The van der Waals surface area contributed by atoms with Crippen molar-refractivity contribution in [2.75, 3.05) is 11.5 Å². The minimum absolute atomic E-state index is 0.000275. The van der Waals surface area contributed by atoms with Crippen LogP contribution >= 0.6 is 119 Å². The number of alkyl halides is 6. The number of carbonyl (C=O) groups excluding carboxylic acids is 2. The molecule has 0 amide bonds. The number of rotatable bonds is 6. The van der Waals surface area contributed by atoms with Crippen LogP contribution in [0.1, 0.15) is 19.3 Å². The Balaban J connectivity index is 3.53. The second-order valence-corrected chi connectivity index (χ2v) is 19.0. The molecule has 0 aromatic heterocycles. The van der Waals surface area contributed by atoms with Crippen LogP contribution in [0.25, 0.3) is 0 Å². The van der Waals surface area contributed by atoms with Gasteiger partial charge in [0.1, 0.15) is 0 Å². The van der Waals surface area contributed by atoms with Gasteiger partial charge in [-0.15, -0.1) is 0 Å². The summed E-state index contributed by atoms with van der Waals surface area (Å²) in [6.07, 6.45) is 2.91. The summed E-state index contributed by atoms with van der Waals surface area (Å²) in [6.45, 7) is 0. The fraction of sp³-hybridized carbons (Fsp3) is 0.778. The molecule has 0 fully saturated rings. The van der Waals surface area contributed by atoms with Gasteiger partial charge in [0.2, 0.25) is 14.5 Å². The average molecular weight is 694 g/mol. The summed E-state index contributed by atoms with van der Waals surface area (Å²) in [7, 11) is 0. The highest BCUT2D eigenvalue weighted by atomic mass is 80.0. The number of unbranched alkanes of at least 4 members (excludes halogenated alkanes) is 2. The molecule has 2 nitrogen and oxygen atoms in total. The smallest absolute Gasteiger partial charge is 0.227 e. The molecule has 0 radical (unpaired) electrons. The van der Waals surface area contributed by atoms with E-state index in [2.05, 4.69) is 95.6 Å². The number of halogens is 6. The van der Waals surface area contributed by atoms with E-state index in [4.69, 9.17) is 0 Å². The zero-order chi connectivity index (χ0) is 15.1. The Morgan fingerprint density at radius 3 is 1.26 bits per heavy atom. The second-order valence-electron chi connectivity index (χ2n) is 3.33. The second kappa shape index (κ2) is 10.6. The van der Waals surface area contributed by atoms with E-state index in [-0.39, 0.29) is 10.2 Å². The normalized spacial score (nSPS) is 12.5. The molecule has 0 saturated carbocycles. The van der Waals surface area contributed by atoms with E-state index in [0.717, 1.165) is 30.8 Å². The molecule has 0 atom stereocenters. The van der Waals surface area contributed by atoms with Crippen LogP contribution < -0.4 is 0 Å². The third kappa shape index (κ3) is 12.1. The highest BCUT2D eigenvalue weighted by molar-refractivity contribution is 9.40. The number of thioether (sulfide) groups is 2. The van der Waals surface area contributed by atoms with E-state index in [1.165, 1.54) is 23.5 Å². The monoisotopic (exact) mass is 688 g/mol. The van der Waals surface area contributed by atoms with E-state index in [1.807, 2.05) is 0 Å². The summed E-state index contributed by atoms with van der Waals surface area (Å²) in [4.78, 5) is 23.0. The molecule has 19 heavy (non-hydrogen) atoms. The largest absolute Gasteiger partial charge is 0.284 e. The molecule has 0 heterocycles. The molecule has 10 heteroatoms. The highest BCUT2D eigenvalue weighted by Gasteiger charge is 2.29. The van der Waals surface area contributed by atoms with Crippen molar-refractivity contribution < 1.29 is 9.59 Å². The molecule has 0 aromatic rings. The number of hydrogen-bond acceptors (Lipinski definition) is 4. The molecule has 0 bridgehead atoms. The predicted molar refractivity (Wildman–Crippen MR) is 108 cm³/mol. The van der Waals surface area contributed by atoms with Crippen molar-refractivity contribution in [3.05, 3.63) is 0 Å². The molecule has 0 saturated heterocycles. The summed E-state index contributed by atoms with van der Waals surface area (Å²) >= 11 is 21.6. The zero-order valence-electron chi connectivity index (χ0n) is 9.44. The topological polar surface area (TPSA) is 34.1 Å². The van der Waals surface area contributed by atoms with E-state index in [9.17, 15) is 9.59 Å². The third-order valence-electron chi connectivity index (χ3n) is 1.72. The summed E-state index contributed by atoms with van der Waals surface area (Å²) in [5.74, 6) is 1.56. The highest BCUT2D eigenvalue weighted by Crippen LogP contribution is 2.39. The first-order valence-corrected chi connectivity index (χ1v) is 11.8. The molecule has 112 valence electrons. The molecule has 0 aliphatic carbocycles. The minimum atomic E-state index is -0.815. The van der Waals surface area contributed by atoms with Gasteiger partial charge in [-0.3, -0.25) is 9.59 Å². The van der Waals surface area contributed by atoms with Crippen molar-refractivity contribution in [1.29, 1.82) is 0 Å². The Morgan fingerprint density at radius 2 is 1.00 bits per heavy atom. The lowest BCUT2D eigenvalue weighted by Gasteiger charge is -2.10. The van der Waals surface area contributed by atoms with Crippen LogP contribution in [-0.4, -0.2) is 26.0 Å². The molecule has 0 N–H and O–H groups in total. The molecular formula is C9H10Br6O2S2. The maximum atomic E-state index is 11.5. The molecular weight excluding hydrogens is 684 g/mol. The zero-order valence-corrected chi connectivity index (χ0v) is 20.6. The van der Waals surface area contributed by atoms with Gasteiger partial charge in [-0.05, 0) is 12.8 Å². The van der Waals surface area contributed by atoms with Gasteiger partial charge in [-0.2, -0.15) is 0 Å². The van der Waals surface area contributed by atoms with E-state index in [0.29, 0.717) is 0 Å². The lowest BCUT2D eigenvalue weighted by molar-refractivity contribution is -0.110. The van der Waals surface area contributed by atoms with Crippen LogP contribution in [-0.2, 0) is 9.59 Å². The Morgan fingerprint density at radius 1 is 0.684 bits per heavy atom. The Kier molecular flexibility index (Phi) is 12.3. The first-order valence-electron chi connectivity index (χ1n) is 5.03. The SMILES string of the molecule is O=C(SCCCCCSC(=O)C(Br)(Br)Br)C(Br)(Br)Br. The molecule has 0 spiro atoms. The third-order valence-corrected chi connectivity index (χ3v) is 7.58. The van der Waals surface area contributed by atoms with Gasteiger partial charge in [0.15, 0.2) is 0 Å². The fourth-order valence-electron chi connectivity index (χ4n) is 0.874. The van der Waals surface area contributed by atoms with E-state index in [1.54, 1.807) is 0 Å². The quantitative estimate of drug-likeness (QED) is 0.240. The minimum Gasteiger partial charge on any atom is -0.284 e. The maximum absolute atomic E-state index is 11.5. The van der Waals surface area contributed by atoms with Gasteiger partial charge >= 0.3 is 0 Å². The predicted octanol–water partition coefficient (Wildman–Crippen LogP) is 6.35. The van der Waals surface area contributed by atoms with Gasteiger partial charge < -0.3 is 0 Å². The van der Waals surface area contributed by atoms with E-state index >= 15 is 0 Å². The summed E-state index contributed by atoms with van der Waals surface area (Å²) in [5.41, 5.74) is 0. The molecule has 0 rings (SSSR count). The summed E-state index contributed by atoms with van der Waals surface area (Å²) < 4.78 is -1.63. The first-order chi connectivity index (χ1) is 8.55. The van der Waals surface area contributed by atoms with Crippen molar-refractivity contribution >= 4 is 129 Å². The number of hydrogen-bond donors (Lipinski definition) is 0. The van der Waals surface area contributed by atoms with Crippen molar-refractivity contribution in [2.45, 2.75) is 23.5 Å². The Bertz CT molecular complexity index is 283. The molecule has 0 aromatic carbocycles. The van der Waals surface area contributed by atoms with Crippen molar-refractivity contribution in [3.63, 3.8) is 0 Å². The van der Waals surface area contributed by atoms with Gasteiger partial charge in [-0.1, -0.05) is 126 Å². The summed E-state index contributed by atoms with van der Waals surface area (Å²) in [5, 5.41) is -0.000551. The van der Waals surface area contributed by atoms with Crippen LogP contribution in [0.4, 0.5) is 0 Å². The number of carbonyl (C=O) groups is 2. The van der Waals surface area contributed by atoms with Crippen molar-refractivity contribution in [3.8, 4) is 0 Å². The fourth-order valence-corrected chi connectivity index (χ4v) is 4.33. The molecule has 0 unspecified atom stereocenters. The van der Waals surface area contributed by atoms with Crippen LogP contribution in [0.15, 0.2) is 0 Å². The van der Waals surface area contributed by atoms with Crippen molar-refractivity contribution in [2.24, 2.45) is 0 Å². The van der Waals surface area contributed by atoms with Crippen molar-refractivity contribution in [1.82, 2.24) is 0 Å². The van der Waals surface area contributed by atoms with Gasteiger partial charge in [0, 0.05) is 11.5 Å².